The van der Waals surface area contributed by atoms with Gasteiger partial charge in [0, 0.05) is 12.1 Å². The molecule has 16 heavy (non-hydrogen) atoms. The van der Waals surface area contributed by atoms with Gasteiger partial charge in [-0.1, -0.05) is 24.4 Å². The van der Waals surface area contributed by atoms with Crippen LogP contribution in [0.5, 0.6) is 0 Å². The second kappa shape index (κ2) is 5.46. The second-order valence-corrected chi connectivity index (χ2v) is 4.58. The Morgan fingerprint density at radius 3 is 3.00 bits per heavy atom. The zero-order valence-corrected chi connectivity index (χ0v) is 9.82. The standard InChI is InChI=1S/C12H20N2O2/c1-9-7-10(14-16-9)8-15-12-6-4-2-3-5-11(12)13/h7,11-12H,2-6,8,13H2,1H3. The largest absolute Gasteiger partial charge is 0.370 e. The molecule has 1 aromatic heterocycles. The number of nitrogens with two attached hydrogens (primary N) is 1. The first-order valence-electron chi connectivity index (χ1n) is 6.05. The smallest absolute Gasteiger partial charge is 0.134 e. The minimum absolute atomic E-state index is 0.176. The Morgan fingerprint density at radius 2 is 2.25 bits per heavy atom. The molecular formula is C12H20N2O2. The van der Waals surface area contributed by atoms with Gasteiger partial charge in [-0.05, 0) is 19.8 Å². The summed E-state index contributed by atoms with van der Waals surface area (Å²) in [6, 6.07) is 2.08. The first-order chi connectivity index (χ1) is 7.75. The van der Waals surface area contributed by atoms with Crippen LogP contribution in [0.25, 0.3) is 0 Å². The second-order valence-electron chi connectivity index (χ2n) is 4.58. The van der Waals surface area contributed by atoms with Gasteiger partial charge in [0.1, 0.15) is 11.5 Å². The minimum atomic E-state index is 0.176. The van der Waals surface area contributed by atoms with Gasteiger partial charge in [0.2, 0.25) is 0 Å². The lowest BCUT2D eigenvalue weighted by Crippen LogP contribution is -2.35. The third-order valence-electron chi connectivity index (χ3n) is 3.13. The van der Waals surface area contributed by atoms with Crippen molar-refractivity contribution in [2.75, 3.05) is 0 Å². The Balaban J connectivity index is 1.83. The Labute approximate surface area is 96.1 Å². The molecule has 1 aromatic rings. The molecule has 1 fully saturated rings. The number of hydrogen-bond donors (Lipinski definition) is 1. The maximum atomic E-state index is 6.08. The van der Waals surface area contributed by atoms with Gasteiger partial charge in [-0.15, -0.1) is 0 Å². The van der Waals surface area contributed by atoms with Crippen molar-refractivity contribution in [1.29, 1.82) is 0 Å². The first-order valence-corrected chi connectivity index (χ1v) is 6.05. The molecule has 1 aliphatic rings. The van der Waals surface area contributed by atoms with Crippen LogP contribution in [0.2, 0.25) is 0 Å². The summed E-state index contributed by atoms with van der Waals surface area (Å²) in [5.41, 5.74) is 6.93. The predicted octanol–water partition coefficient (Wildman–Crippen LogP) is 2.16. The Morgan fingerprint density at radius 1 is 1.44 bits per heavy atom. The molecule has 0 saturated heterocycles. The van der Waals surface area contributed by atoms with E-state index in [1.807, 2.05) is 13.0 Å². The van der Waals surface area contributed by atoms with Gasteiger partial charge < -0.3 is 15.0 Å². The first kappa shape index (κ1) is 11.6. The molecule has 1 aliphatic carbocycles. The summed E-state index contributed by atoms with van der Waals surface area (Å²) in [7, 11) is 0. The third-order valence-corrected chi connectivity index (χ3v) is 3.13. The van der Waals surface area contributed by atoms with E-state index in [1.165, 1.54) is 19.3 Å². The number of nitrogens with zero attached hydrogens (tertiary/aromatic N) is 1. The molecule has 0 aliphatic heterocycles. The lowest BCUT2D eigenvalue weighted by atomic mass is 10.1. The van der Waals surface area contributed by atoms with Crippen LogP contribution in [0, 0.1) is 6.92 Å². The molecule has 2 N–H and O–H groups in total. The normalized spacial score (nSPS) is 26.6. The van der Waals surface area contributed by atoms with Crippen LogP contribution in [0.15, 0.2) is 10.6 Å². The molecule has 0 amide bonds. The molecule has 1 saturated carbocycles. The fraction of sp³-hybridized carbons (Fsp3) is 0.750. The van der Waals surface area contributed by atoms with Crippen molar-refractivity contribution in [2.45, 2.75) is 57.8 Å². The summed E-state index contributed by atoms with van der Waals surface area (Å²) >= 11 is 0. The molecule has 0 bridgehead atoms. The van der Waals surface area contributed by atoms with Crippen LogP contribution in [0.3, 0.4) is 0 Å². The van der Waals surface area contributed by atoms with E-state index in [-0.39, 0.29) is 12.1 Å². The highest BCUT2D eigenvalue weighted by Crippen LogP contribution is 2.20. The van der Waals surface area contributed by atoms with Gasteiger partial charge in [0.25, 0.3) is 0 Å². The molecule has 2 atom stereocenters. The lowest BCUT2D eigenvalue weighted by Gasteiger charge is -2.21. The highest BCUT2D eigenvalue weighted by molar-refractivity contribution is 5.02. The number of aromatic nitrogens is 1. The summed E-state index contributed by atoms with van der Waals surface area (Å²) in [5.74, 6) is 0.823. The summed E-state index contributed by atoms with van der Waals surface area (Å²) in [6.07, 6.45) is 6.04. The minimum Gasteiger partial charge on any atom is -0.370 e. The van der Waals surface area contributed by atoms with Crippen LogP contribution in [0.1, 0.15) is 43.6 Å². The molecular weight excluding hydrogens is 204 g/mol. The fourth-order valence-electron chi connectivity index (χ4n) is 2.19. The number of hydrogen-bond acceptors (Lipinski definition) is 4. The van der Waals surface area contributed by atoms with Gasteiger partial charge in [0.05, 0.1) is 12.7 Å². The van der Waals surface area contributed by atoms with Crippen LogP contribution < -0.4 is 5.73 Å². The van der Waals surface area contributed by atoms with E-state index >= 15 is 0 Å². The zero-order chi connectivity index (χ0) is 11.4. The summed E-state index contributed by atoms with van der Waals surface area (Å²) in [4.78, 5) is 0. The molecule has 2 rings (SSSR count). The number of rotatable bonds is 3. The van der Waals surface area contributed by atoms with Crippen molar-refractivity contribution in [3.8, 4) is 0 Å². The highest BCUT2D eigenvalue weighted by Gasteiger charge is 2.21. The van der Waals surface area contributed by atoms with E-state index in [1.54, 1.807) is 0 Å². The van der Waals surface area contributed by atoms with E-state index in [0.717, 1.165) is 24.3 Å². The van der Waals surface area contributed by atoms with Crippen LogP contribution >= 0.6 is 0 Å². The lowest BCUT2D eigenvalue weighted by molar-refractivity contribution is 0.0167. The van der Waals surface area contributed by atoms with Gasteiger partial charge >= 0.3 is 0 Å². The van der Waals surface area contributed by atoms with E-state index < -0.39 is 0 Å². The summed E-state index contributed by atoms with van der Waals surface area (Å²) in [6.45, 7) is 2.39. The van der Waals surface area contributed by atoms with Gasteiger partial charge in [-0.3, -0.25) is 0 Å². The van der Waals surface area contributed by atoms with Gasteiger partial charge in [-0.25, -0.2) is 0 Å². The van der Waals surface area contributed by atoms with Crippen molar-refractivity contribution < 1.29 is 9.26 Å². The summed E-state index contributed by atoms with van der Waals surface area (Å²) in [5, 5.41) is 3.91. The van der Waals surface area contributed by atoms with Gasteiger partial charge in [0.15, 0.2) is 0 Å². The molecule has 0 aromatic carbocycles. The molecule has 4 heteroatoms. The average Bonchev–Trinajstić information content (AvgIpc) is 2.56. The summed E-state index contributed by atoms with van der Waals surface area (Å²) < 4.78 is 10.8. The molecule has 0 radical (unpaired) electrons. The van der Waals surface area contributed by atoms with Gasteiger partial charge in [-0.2, -0.15) is 0 Å². The molecule has 4 nitrogen and oxygen atoms in total. The van der Waals surface area contributed by atoms with Crippen LogP contribution in [0.4, 0.5) is 0 Å². The number of aryl methyl sites for hydroxylation is 1. The Kier molecular flexibility index (Phi) is 3.96. The van der Waals surface area contributed by atoms with Crippen molar-refractivity contribution in [3.63, 3.8) is 0 Å². The van der Waals surface area contributed by atoms with Crippen LogP contribution in [-0.2, 0) is 11.3 Å². The predicted molar refractivity (Wildman–Crippen MR) is 60.9 cm³/mol. The maximum Gasteiger partial charge on any atom is 0.134 e. The molecule has 1 heterocycles. The SMILES string of the molecule is Cc1cc(COC2CCCCCC2N)no1. The van der Waals surface area contributed by atoms with E-state index in [4.69, 9.17) is 15.0 Å². The topological polar surface area (TPSA) is 61.3 Å². The fourth-order valence-corrected chi connectivity index (χ4v) is 2.19. The number of ether oxygens (including phenoxy) is 1. The van der Waals surface area contributed by atoms with E-state index in [2.05, 4.69) is 5.16 Å². The van der Waals surface area contributed by atoms with Crippen LogP contribution in [-0.4, -0.2) is 17.3 Å². The average molecular weight is 224 g/mol. The third kappa shape index (κ3) is 3.06. The zero-order valence-electron chi connectivity index (χ0n) is 9.82. The quantitative estimate of drug-likeness (QED) is 0.799. The van der Waals surface area contributed by atoms with E-state index in [9.17, 15) is 0 Å². The molecule has 90 valence electrons. The van der Waals surface area contributed by atoms with Crippen molar-refractivity contribution in [1.82, 2.24) is 5.16 Å². The molecule has 0 spiro atoms. The maximum absolute atomic E-state index is 6.08. The van der Waals surface area contributed by atoms with Crippen molar-refractivity contribution in [2.24, 2.45) is 5.73 Å². The van der Waals surface area contributed by atoms with Crippen molar-refractivity contribution in [3.05, 3.63) is 17.5 Å². The Bertz CT molecular complexity index is 325. The van der Waals surface area contributed by atoms with E-state index in [0.29, 0.717) is 6.61 Å². The van der Waals surface area contributed by atoms with Crippen molar-refractivity contribution >= 4 is 0 Å². The molecule has 2 unspecified atom stereocenters. The Hall–Kier alpha value is -0.870. The highest BCUT2D eigenvalue weighted by atomic mass is 16.5. The monoisotopic (exact) mass is 224 g/mol.